The number of hydrogen-bond donors (Lipinski definition) is 1. The number of aryl methyl sites for hydroxylation is 1. The fourth-order valence-corrected chi connectivity index (χ4v) is 4.11. The average molecular weight is 317 g/mol. The Kier molecular flexibility index (Phi) is 5.34. The number of carbonyl (C=O) groups excluding carboxylic acids is 1. The molecule has 0 spiro atoms. The summed E-state index contributed by atoms with van der Waals surface area (Å²) in [6.07, 6.45) is 4.63. The summed E-state index contributed by atoms with van der Waals surface area (Å²) in [6, 6.07) is 7.72. The molecule has 0 saturated carbocycles. The molecule has 126 valence electrons. The van der Waals surface area contributed by atoms with Crippen molar-refractivity contribution in [3.63, 3.8) is 0 Å². The molecule has 1 aliphatic carbocycles. The first-order valence-corrected chi connectivity index (χ1v) is 8.89. The number of benzene rings is 1. The summed E-state index contributed by atoms with van der Waals surface area (Å²) in [5.74, 6) is -0.250. The van der Waals surface area contributed by atoms with Crippen LogP contribution in [0.4, 0.5) is 0 Å². The second-order valence-electron chi connectivity index (χ2n) is 6.64. The van der Waals surface area contributed by atoms with Crippen molar-refractivity contribution < 1.29 is 14.6 Å². The fourth-order valence-electron chi connectivity index (χ4n) is 4.11. The van der Waals surface area contributed by atoms with Crippen molar-refractivity contribution in [3.8, 4) is 0 Å². The number of esters is 1. The predicted molar refractivity (Wildman–Crippen MR) is 89.1 cm³/mol. The minimum atomic E-state index is -0.587. The van der Waals surface area contributed by atoms with Crippen LogP contribution in [0.15, 0.2) is 24.3 Å². The number of carbonyl (C=O) groups is 1. The Morgan fingerprint density at radius 2 is 2.04 bits per heavy atom. The Balaban J connectivity index is 1.85. The number of likely N-dealkylation sites (tertiary alicyclic amines) is 1. The largest absolute Gasteiger partial charge is 0.465 e. The van der Waals surface area contributed by atoms with E-state index >= 15 is 0 Å². The van der Waals surface area contributed by atoms with Crippen molar-refractivity contribution in [2.75, 3.05) is 19.7 Å². The van der Waals surface area contributed by atoms with Crippen LogP contribution in [0.5, 0.6) is 0 Å². The summed E-state index contributed by atoms with van der Waals surface area (Å²) < 4.78 is 5.36. The van der Waals surface area contributed by atoms with E-state index in [-0.39, 0.29) is 17.9 Å². The highest BCUT2D eigenvalue weighted by atomic mass is 16.5. The normalized spacial score (nSPS) is 26.3. The van der Waals surface area contributed by atoms with Gasteiger partial charge in [-0.1, -0.05) is 30.7 Å². The smallest absolute Gasteiger partial charge is 0.323 e. The van der Waals surface area contributed by atoms with E-state index in [4.69, 9.17) is 4.74 Å². The Morgan fingerprint density at radius 3 is 2.78 bits per heavy atom. The first kappa shape index (κ1) is 16.5. The number of fused-ring (bicyclic) bond motifs is 1. The molecule has 3 atom stereocenters. The van der Waals surface area contributed by atoms with Gasteiger partial charge in [-0.05, 0) is 56.8 Å². The Morgan fingerprint density at radius 1 is 1.30 bits per heavy atom. The Labute approximate surface area is 138 Å². The highest BCUT2D eigenvalue weighted by Crippen LogP contribution is 2.38. The summed E-state index contributed by atoms with van der Waals surface area (Å²) in [5, 5.41) is 10.9. The molecule has 0 radical (unpaired) electrons. The molecule has 4 nitrogen and oxygen atoms in total. The number of rotatable bonds is 4. The summed E-state index contributed by atoms with van der Waals surface area (Å²) in [5.41, 5.74) is 2.19. The first-order valence-electron chi connectivity index (χ1n) is 8.89. The van der Waals surface area contributed by atoms with Crippen molar-refractivity contribution in [1.29, 1.82) is 0 Å². The summed E-state index contributed by atoms with van der Waals surface area (Å²) >= 11 is 0. The van der Waals surface area contributed by atoms with Gasteiger partial charge < -0.3 is 9.84 Å². The zero-order valence-electron chi connectivity index (χ0n) is 13.9. The third-order valence-electron chi connectivity index (χ3n) is 5.24. The Bertz CT molecular complexity index is 539. The molecule has 0 unspecified atom stereocenters. The standard InChI is InChI=1S/C19H27NO3/c1-2-23-19(22)17(20-12-6-3-7-13-20)16-11-10-14-8-4-5-9-15(14)18(16)21/h4-5,8-9,16-18,21H,2-3,6-7,10-13H2,1H3/t16-,17+,18+/m0/s1. The highest BCUT2D eigenvalue weighted by molar-refractivity contribution is 5.76. The molecule has 0 bridgehead atoms. The molecule has 1 heterocycles. The molecule has 23 heavy (non-hydrogen) atoms. The van der Waals surface area contributed by atoms with E-state index in [0.29, 0.717) is 6.61 Å². The zero-order chi connectivity index (χ0) is 16.2. The maximum Gasteiger partial charge on any atom is 0.323 e. The summed E-state index contributed by atoms with van der Waals surface area (Å²) in [4.78, 5) is 14.9. The van der Waals surface area contributed by atoms with Gasteiger partial charge in [0.05, 0.1) is 12.7 Å². The fraction of sp³-hybridized carbons (Fsp3) is 0.632. The topological polar surface area (TPSA) is 49.8 Å². The zero-order valence-corrected chi connectivity index (χ0v) is 13.9. The lowest BCUT2D eigenvalue weighted by Crippen LogP contribution is -2.51. The van der Waals surface area contributed by atoms with E-state index in [0.717, 1.165) is 44.3 Å². The van der Waals surface area contributed by atoms with Crippen LogP contribution in [0.1, 0.15) is 49.8 Å². The van der Waals surface area contributed by atoms with E-state index in [1.54, 1.807) is 0 Å². The monoisotopic (exact) mass is 317 g/mol. The van der Waals surface area contributed by atoms with Crippen LogP contribution in [0.2, 0.25) is 0 Å². The van der Waals surface area contributed by atoms with E-state index in [1.807, 2.05) is 25.1 Å². The summed E-state index contributed by atoms with van der Waals surface area (Å²) in [7, 11) is 0. The minimum Gasteiger partial charge on any atom is -0.465 e. The number of piperidine rings is 1. The van der Waals surface area contributed by atoms with Gasteiger partial charge in [-0.2, -0.15) is 0 Å². The van der Waals surface area contributed by atoms with Gasteiger partial charge >= 0.3 is 5.97 Å². The second kappa shape index (κ2) is 7.45. The lowest BCUT2D eigenvalue weighted by atomic mass is 9.77. The molecule has 1 saturated heterocycles. The molecular weight excluding hydrogens is 290 g/mol. The third-order valence-corrected chi connectivity index (χ3v) is 5.24. The number of aliphatic hydroxyl groups is 1. The number of hydrogen-bond acceptors (Lipinski definition) is 4. The number of nitrogens with zero attached hydrogens (tertiary/aromatic N) is 1. The number of ether oxygens (including phenoxy) is 1. The van der Waals surface area contributed by atoms with Crippen molar-refractivity contribution in [2.45, 2.75) is 51.2 Å². The van der Waals surface area contributed by atoms with E-state index in [9.17, 15) is 9.90 Å². The molecule has 0 aromatic heterocycles. The second-order valence-corrected chi connectivity index (χ2v) is 6.64. The van der Waals surface area contributed by atoms with Crippen LogP contribution in [-0.2, 0) is 16.0 Å². The highest BCUT2D eigenvalue weighted by Gasteiger charge is 2.41. The predicted octanol–water partition coefficient (Wildman–Crippen LogP) is 2.70. The van der Waals surface area contributed by atoms with Crippen molar-refractivity contribution in [3.05, 3.63) is 35.4 Å². The molecule has 4 heteroatoms. The van der Waals surface area contributed by atoms with Gasteiger partial charge in [0.25, 0.3) is 0 Å². The lowest BCUT2D eigenvalue weighted by Gasteiger charge is -2.41. The molecule has 2 aliphatic rings. The van der Waals surface area contributed by atoms with Gasteiger partial charge in [0.2, 0.25) is 0 Å². The average Bonchev–Trinajstić information content (AvgIpc) is 2.59. The van der Waals surface area contributed by atoms with Crippen molar-refractivity contribution in [1.82, 2.24) is 4.90 Å². The van der Waals surface area contributed by atoms with Gasteiger partial charge in [0, 0.05) is 5.92 Å². The molecule has 3 rings (SSSR count). The molecule has 1 aliphatic heterocycles. The van der Waals surface area contributed by atoms with Crippen LogP contribution in [-0.4, -0.2) is 41.7 Å². The van der Waals surface area contributed by atoms with Gasteiger partial charge in [-0.25, -0.2) is 0 Å². The van der Waals surface area contributed by atoms with E-state index < -0.39 is 6.10 Å². The SMILES string of the molecule is CCOC(=O)[C@@H]([C@@H]1CCc2ccccc2[C@H]1O)N1CCCCC1. The maximum atomic E-state index is 12.6. The minimum absolute atomic E-state index is 0.0814. The quantitative estimate of drug-likeness (QED) is 0.868. The molecule has 0 amide bonds. The molecule has 1 aromatic carbocycles. The molecule has 1 N–H and O–H groups in total. The van der Waals surface area contributed by atoms with Crippen LogP contribution < -0.4 is 0 Å². The van der Waals surface area contributed by atoms with Crippen molar-refractivity contribution >= 4 is 5.97 Å². The van der Waals surface area contributed by atoms with Gasteiger partial charge in [0.15, 0.2) is 0 Å². The molecular formula is C19H27NO3. The molecule has 1 fully saturated rings. The van der Waals surface area contributed by atoms with Crippen molar-refractivity contribution in [2.24, 2.45) is 5.92 Å². The van der Waals surface area contributed by atoms with Crippen LogP contribution in [0, 0.1) is 5.92 Å². The number of aliphatic hydroxyl groups excluding tert-OH is 1. The van der Waals surface area contributed by atoms with E-state index in [2.05, 4.69) is 11.0 Å². The van der Waals surface area contributed by atoms with E-state index in [1.165, 1.54) is 12.0 Å². The van der Waals surface area contributed by atoms with Gasteiger partial charge in [-0.15, -0.1) is 0 Å². The van der Waals surface area contributed by atoms with Crippen LogP contribution in [0.25, 0.3) is 0 Å². The summed E-state index contributed by atoms with van der Waals surface area (Å²) in [6.45, 7) is 4.09. The lowest BCUT2D eigenvalue weighted by molar-refractivity contribution is -0.155. The Hall–Kier alpha value is -1.39. The maximum absolute atomic E-state index is 12.6. The van der Waals surface area contributed by atoms with Crippen LogP contribution in [0.3, 0.4) is 0 Å². The molecule has 1 aromatic rings. The third kappa shape index (κ3) is 3.43. The van der Waals surface area contributed by atoms with Gasteiger partial charge in [-0.3, -0.25) is 9.69 Å². The van der Waals surface area contributed by atoms with Crippen LogP contribution >= 0.6 is 0 Å². The first-order chi connectivity index (χ1) is 11.2. The van der Waals surface area contributed by atoms with Gasteiger partial charge in [0.1, 0.15) is 6.04 Å².